The molecule has 0 bridgehead atoms. The molecule has 1 aromatic carbocycles. The van der Waals surface area contributed by atoms with Gasteiger partial charge in [-0.05, 0) is 39.1 Å². The highest BCUT2D eigenvalue weighted by Crippen LogP contribution is 2.29. The summed E-state index contributed by atoms with van der Waals surface area (Å²) < 4.78 is 16.9. The summed E-state index contributed by atoms with van der Waals surface area (Å²) in [4.78, 5) is 11.7. The Hall–Kier alpha value is -1.59. The zero-order chi connectivity index (χ0) is 17.3. The Morgan fingerprint density at radius 2 is 1.70 bits per heavy atom. The molecule has 0 saturated heterocycles. The van der Waals surface area contributed by atoms with Crippen LogP contribution in [0, 0.1) is 0 Å². The lowest BCUT2D eigenvalue weighted by Gasteiger charge is -2.27. The molecule has 0 N–H and O–H groups in total. The molecule has 0 radical (unpaired) electrons. The van der Waals surface area contributed by atoms with Crippen LogP contribution in [-0.2, 0) is 18.7 Å². The molecule has 5 heteroatoms. The number of hydrogen-bond acceptors (Lipinski definition) is 4. The zero-order valence-electron chi connectivity index (χ0n) is 14.8. The number of hydrogen-bond donors (Lipinski definition) is 0. The highest BCUT2D eigenvalue weighted by atomic mass is 28.4. The predicted octanol–water partition coefficient (Wildman–Crippen LogP) is 4.45. The van der Waals surface area contributed by atoms with Crippen molar-refractivity contribution < 1.29 is 18.7 Å². The van der Waals surface area contributed by atoms with Crippen LogP contribution in [0.15, 0.2) is 42.2 Å². The molecule has 0 aliphatic rings. The maximum absolute atomic E-state index is 11.7. The second-order valence-electron chi connectivity index (χ2n) is 6.13. The summed E-state index contributed by atoms with van der Waals surface area (Å²) in [6, 6.07) is 10.0. The summed E-state index contributed by atoms with van der Waals surface area (Å²) in [5, 5.41) is 0. The van der Waals surface area contributed by atoms with Gasteiger partial charge in [0.15, 0.2) is 8.32 Å². The Balaban J connectivity index is 2.98. The summed E-state index contributed by atoms with van der Waals surface area (Å²) in [6.45, 7) is 11.0. The fourth-order valence-corrected chi connectivity index (χ4v) is 3.24. The van der Waals surface area contributed by atoms with Crippen LogP contribution in [0.25, 0.3) is 0 Å². The van der Waals surface area contributed by atoms with Gasteiger partial charge in [-0.15, -0.1) is 0 Å². The van der Waals surface area contributed by atoms with Crippen molar-refractivity contribution in [2.75, 3.05) is 13.2 Å². The molecule has 0 saturated carbocycles. The van der Waals surface area contributed by atoms with Crippen molar-refractivity contribution in [2.45, 2.75) is 46.0 Å². The van der Waals surface area contributed by atoms with Crippen LogP contribution >= 0.6 is 0 Å². The van der Waals surface area contributed by atoms with Gasteiger partial charge in [-0.1, -0.05) is 30.3 Å². The standard InChI is InChI=1S/C18H28O4Si/c1-6-20-16(14-18(19)21-7-2)13-17(22-23(3,4)5)15-11-9-8-10-12-15/h8-12,14,17H,6-7,13H2,1-5H3/b16-14-. The van der Waals surface area contributed by atoms with Gasteiger partial charge in [0.2, 0.25) is 0 Å². The van der Waals surface area contributed by atoms with Crippen molar-refractivity contribution in [3.05, 3.63) is 47.7 Å². The third kappa shape index (κ3) is 8.00. The van der Waals surface area contributed by atoms with Crippen molar-refractivity contribution in [3.63, 3.8) is 0 Å². The quantitative estimate of drug-likeness (QED) is 0.289. The molecule has 4 nitrogen and oxygen atoms in total. The summed E-state index contributed by atoms with van der Waals surface area (Å²) in [5.74, 6) is 0.216. The van der Waals surface area contributed by atoms with Gasteiger partial charge in [0.25, 0.3) is 0 Å². The summed E-state index contributed by atoms with van der Waals surface area (Å²) >= 11 is 0. The van der Waals surface area contributed by atoms with Gasteiger partial charge in [0.05, 0.1) is 25.4 Å². The normalized spacial score (nSPS) is 13.5. The van der Waals surface area contributed by atoms with Crippen LogP contribution in [0.2, 0.25) is 19.6 Å². The largest absolute Gasteiger partial charge is 0.498 e. The van der Waals surface area contributed by atoms with Crippen LogP contribution in [0.4, 0.5) is 0 Å². The first kappa shape index (κ1) is 19.5. The van der Waals surface area contributed by atoms with E-state index in [4.69, 9.17) is 13.9 Å². The van der Waals surface area contributed by atoms with Crippen molar-refractivity contribution in [1.82, 2.24) is 0 Å². The van der Waals surface area contributed by atoms with Crippen molar-refractivity contribution in [3.8, 4) is 0 Å². The Bertz CT molecular complexity index is 506. The molecule has 0 aliphatic heterocycles. The SMILES string of the molecule is CCOC(=O)/C=C(/CC(O[Si](C)(C)C)c1ccccc1)OCC. The second kappa shape index (κ2) is 9.52. The molecule has 128 valence electrons. The molecule has 1 rings (SSSR count). The van der Waals surface area contributed by atoms with Crippen molar-refractivity contribution >= 4 is 14.3 Å². The molecule has 0 amide bonds. The maximum Gasteiger partial charge on any atom is 0.334 e. The number of carbonyl (C=O) groups excluding carboxylic acids is 1. The molecular weight excluding hydrogens is 308 g/mol. The van der Waals surface area contributed by atoms with Gasteiger partial charge in [0, 0.05) is 6.42 Å². The first-order chi connectivity index (χ1) is 10.9. The molecule has 23 heavy (non-hydrogen) atoms. The Morgan fingerprint density at radius 1 is 1.09 bits per heavy atom. The van der Waals surface area contributed by atoms with E-state index in [2.05, 4.69) is 19.6 Å². The van der Waals surface area contributed by atoms with Gasteiger partial charge in [-0.2, -0.15) is 0 Å². The van der Waals surface area contributed by atoms with E-state index in [1.807, 2.05) is 37.3 Å². The second-order valence-corrected chi connectivity index (χ2v) is 10.6. The van der Waals surface area contributed by atoms with Crippen LogP contribution < -0.4 is 0 Å². The molecule has 1 aromatic rings. The van der Waals surface area contributed by atoms with E-state index < -0.39 is 8.32 Å². The third-order valence-electron chi connectivity index (χ3n) is 2.95. The topological polar surface area (TPSA) is 44.8 Å². The Labute approximate surface area is 140 Å². The van der Waals surface area contributed by atoms with Gasteiger partial charge < -0.3 is 13.9 Å². The average Bonchev–Trinajstić information content (AvgIpc) is 2.46. The molecule has 1 unspecified atom stereocenters. The summed E-state index contributed by atoms with van der Waals surface area (Å²) in [5.41, 5.74) is 1.09. The highest BCUT2D eigenvalue weighted by molar-refractivity contribution is 6.69. The first-order valence-corrected chi connectivity index (χ1v) is 11.5. The Morgan fingerprint density at radius 3 is 2.22 bits per heavy atom. The number of rotatable bonds is 9. The van der Waals surface area contributed by atoms with E-state index in [1.54, 1.807) is 6.92 Å². The smallest absolute Gasteiger partial charge is 0.334 e. The molecule has 0 aromatic heterocycles. The molecule has 0 fully saturated rings. The van der Waals surface area contributed by atoms with E-state index in [-0.39, 0.29) is 12.1 Å². The van der Waals surface area contributed by atoms with Crippen LogP contribution in [0.3, 0.4) is 0 Å². The van der Waals surface area contributed by atoms with Gasteiger partial charge in [-0.25, -0.2) is 4.79 Å². The summed E-state index contributed by atoms with van der Waals surface area (Å²) in [6.07, 6.45) is 1.81. The minimum absolute atomic E-state index is 0.130. The Kier molecular flexibility index (Phi) is 8.06. The zero-order valence-corrected chi connectivity index (χ0v) is 15.8. The first-order valence-electron chi connectivity index (χ1n) is 8.08. The molecular formula is C18H28O4Si. The minimum Gasteiger partial charge on any atom is -0.498 e. The fourth-order valence-electron chi connectivity index (χ4n) is 2.17. The third-order valence-corrected chi connectivity index (χ3v) is 3.94. The summed E-state index contributed by atoms with van der Waals surface area (Å²) in [7, 11) is -1.75. The maximum atomic E-state index is 11.7. The van der Waals surface area contributed by atoms with E-state index in [1.165, 1.54) is 6.08 Å². The monoisotopic (exact) mass is 336 g/mol. The number of benzene rings is 1. The highest BCUT2D eigenvalue weighted by Gasteiger charge is 2.24. The van der Waals surface area contributed by atoms with Crippen molar-refractivity contribution in [2.24, 2.45) is 0 Å². The number of esters is 1. The van der Waals surface area contributed by atoms with E-state index in [0.29, 0.717) is 25.4 Å². The lowest BCUT2D eigenvalue weighted by molar-refractivity contribution is -0.137. The molecule has 0 aliphatic carbocycles. The van der Waals surface area contributed by atoms with Crippen LogP contribution in [-0.4, -0.2) is 27.5 Å². The van der Waals surface area contributed by atoms with Gasteiger partial charge in [-0.3, -0.25) is 0 Å². The number of carbonyl (C=O) groups is 1. The van der Waals surface area contributed by atoms with Gasteiger partial charge >= 0.3 is 5.97 Å². The van der Waals surface area contributed by atoms with E-state index in [9.17, 15) is 4.79 Å². The number of ether oxygens (including phenoxy) is 2. The molecule has 1 atom stereocenters. The predicted molar refractivity (Wildman–Crippen MR) is 94.6 cm³/mol. The lowest BCUT2D eigenvalue weighted by Crippen LogP contribution is -2.28. The minimum atomic E-state index is -1.75. The van der Waals surface area contributed by atoms with Gasteiger partial charge in [0.1, 0.15) is 5.76 Å². The molecule has 0 heterocycles. The fraction of sp³-hybridized carbons (Fsp3) is 0.500. The average molecular weight is 337 g/mol. The van der Waals surface area contributed by atoms with Crippen LogP contribution in [0.1, 0.15) is 31.9 Å². The van der Waals surface area contributed by atoms with E-state index >= 15 is 0 Å². The van der Waals surface area contributed by atoms with Crippen molar-refractivity contribution in [1.29, 1.82) is 0 Å². The van der Waals surface area contributed by atoms with Crippen LogP contribution in [0.5, 0.6) is 0 Å². The van der Waals surface area contributed by atoms with E-state index in [0.717, 1.165) is 5.56 Å². The lowest BCUT2D eigenvalue weighted by atomic mass is 10.1. The molecule has 0 spiro atoms.